The summed E-state index contributed by atoms with van der Waals surface area (Å²) in [5, 5.41) is 7.08. The van der Waals surface area contributed by atoms with Gasteiger partial charge in [-0.15, -0.1) is 0 Å². The van der Waals surface area contributed by atoms with Gasteiger partial charge in [-0.05, 0) is 48.5 Å². The van der Waals surface area contributed by atoms with Crippen LogP contribution in [0, 0.1) is 0 Å². The lowest BCUT2D eigenvalue weighted by Gasteiger charge is -2.04. The maximum Gasteiger partial charge on any atom is 0.258 e. The first-order valence-corrected chi connectivity index (χ1v) is 7.57. The second-order valence-corrected chi connectivity index (χ2v) is 5.35. The summed E-state index contributed by atoms with van der Waals surface area (Å²) >= 11 is 5.85. The van der Waals surface area contributed by atoms with Gasteiger partial charge in [0.15, 0.2) is 6.61 Å². The third-order valence-corrected chi connectivity index (χ3v) is 3.52. The Bertz CT molecular complexity index is 829. The number of rotatable bonds is 5. The van der Waals surface area contributed by atoms with Crippen molar-refractivity contribution in [2.24, 2.45) is 0 Å². The van der Waals surface area contributed by atoms with Crippen molar-refractivity contribution in [3.05, 3.63) is 64.9 Å². The van der Waals surface area contributed by atoms with E-state index in [1.165, 1.54) is 0 Å². The summed E-state index contributed by atoms with van der Waals surface area (Å²) < 4.78 is 10.8. The highest BCUT2D eigenvalue weighted by Crippen LogP contribution is 2.20. The zero-order valence-corrected chi connectivity index (χ0v) is 13.6. The predicted molar refractivity (Wildman–Crippen MR) is 88.9 cm³/mol. The summed E-state index contributed by atoms with van der Waals surface area (Å²) in [6.07, 6.45) is 0. The molecule has 0 aliphatic rings. The number of hydrogen-bond acceptors (Lipinski definition) is 5. The molecule has 0 fully saturated rings. The molecule has 0 atom stereocenters. The van der Waals surface area contributed by atoms with Crippen LogP contribution in [0.1, 0.15) is 16.2 Å². The van der Waals surface area contributed by atoms with Crippen molar-refractivity contribution < 1.29 is 14.1 Å². The smallest absolute Gasteiger partial charge is 0.258 e. The second-order valence-electron chi connectivity index (χ2n) is 4.91. The molecule has 0 unspecified atom stereocenters. The van der Waals surface area contributed by atoms with E-state index in [0.29, 0.717) is 28.1 Å². The van der Waals surface area contributed by atoms with Gasteiger partial charge in [0.05, 0.1) is 0 Å². The Balaban J connectivity index is 1.63. The molecule has 2 aromatic carbocycles. The lowest BCUT2D eigenvalue weighted by Crippen LogP contribution is -2.17. The summed E-state index contributed by atoms with van der Waals surface area (Å²) in [5.74, 6) is 1.29. The summed E-state index contributed by atoms with van der Waals surface area (Å²) in [4.78, 5) is 15.7. The number of carbonyl (C=O) groups excluding carboxylic acids is 1. The first-order chi connectivity index (χ1) is 11.7. The summed E-state index contributed by atoms with van der Waals surface area (Å²) in [6.45, 7) is 0.163. The number of ether oxygens (including phenoxy) is 1. The highest BCUT2D eigenvalue weighted by atomic mass is 35.5. The van der Waals surface area contributed by atoms with E-state index < -0.39 is 0 Å². The van der Waals surface area contributed by atoms with Gasteiger partial charge in [-0.25, -0.2) is 0 Å². The number of nitrogens with one attached hydrogen (secondary N) is 1. The van der Waals surface area contributed by atoms with E-state index in [0.717, 1.165) is 5.56 Å². The van der Waals surface area contributed by atoms with Crippen LogP contribution in [0.25, 0.3) is 11.5 Å². The molecule has 0 saturated carbocycles. The van der Waals surface area contributed by atoms with Gasteiger partial charge in [0, 0.05) is 23.2 Å². The molecule has 0 saturated heterocycles. The minimum atomic E-state index is -0.146. The zero-order valence-electron chi connectivity index (χ0n) is 12.8. The molecule has 1 amide bonds. The van der Waals surface area contributed by atoms with Crippen LogP contribution in [0.15, 0.2) is 53.1 Å². The average molecular weight is 344 g/mol. The Morgan fingerprint density at radius 1 is 1.17 bits per heavy atom. The summed E-state index contributed by atoms with van der Waals surface area (Å²) in [6, 6.07) is 13.9. The van der Waals surface area contributed by atoms with E-state index in [2.05, 4.69) is 15.5 Å². The summed E-state index contributed by atoms with van der Waals surface area (Å²) in [5.41, 5.74) is 1.35. The fourth-order valence-corrected chi connectivity index (χ4v) is 2.14. The number of nitrogens with zero attached hydrogens (tertiary/aromatic N) is 2. The van der Waals surface area contributed by atoms with Gasteiger partial charge in [0.2, 0.25) is 5.82 Å². The first-order valence-electron chi connectivity index (χ1n) is 7.19. The molecule has 6 nitrogen and oxygen atoms in total. The third kappa shape index (κ3) is 3.72. The summed E-state index contributed by atoms with van der Waals surface area (Å²) in [7, 11) is 1.58. The van der Waals surface area contributed by atoms with Gasteiger partial charge in [-0.2, -0.15) is 4.98 Å². The standard InChI is InChI=1S/C17H14ClN3O3/c1-19-16(22)11-4-8-14(9-5-11)23-10-15-20-17(24-21-15)12-2-6-13(18)7-3-12/h2-9H,10H2,1H3,(H,19,22). The lowest BCUT2D eigenvalue weighted by atomic mass is 10.2. The molecule has 0 radical (unpaired) electrons. The van der Waals surface area contributed by atoms with Gasteiger partial charge >= 0.3 is 0 Å². The highest BCUT2D eigenvalue weighted by Gasteiger charge is 2.09. The number of amides is 1. The van der Waals surface area contributed by atoms with Crippen molar-refractivity contribution >= 4 is 17.5 Å². The number of carbonyl (C=O) groups is 1. The van der Waals surface area contributed by atoms with Crippen molar-refractivity contribution in [1.82, 2.24) is 15.5 Å². The van der Waals surface area contributed by atoms with Gasteiger partial charge < -0.3 is 14.6 Å². The maximum atomic E-state index is 11.5. The molecular weight excluding hydrogens is 330 g/mol. The molecule has 24 heavy (non-hydrogen) atoms. The van der Waals surface area contributed by atoms with Gasteiger partial charge in [-0.1, -0.05) is 16.8 Å². The minimum Gasteiger partial charge on any atom is -0.485 e. The Morgan fingerprint density at radius 2 is 1.88 bits per heavy atom. The third-order valence-electron chi connectivity index (χ3n) is 3.27. The van der Waals surface area contributed by atoms with Crippen molar-refractivity contribution in [2.45, 2.75) is 6.61 Å². The van der Waals surface area contributed by atoms with Crippen LogP contribution in [0.5, 0.6) is 5.75 Å². The molecule has 3 rings (SSSR count). The Kier molecular flexibility index (Phi) is 4.77. The van der Waals surface area contributed by atoms with E-state index in [-0.39, 0.29) is 12.5 Å². The molecule has 0 aliphatic carbocycles. The molecule has 1 N–H and O–H groups in total. The average Bonchev–Trinajstić information content (AvgIpc) is 3.09. The molecule has 122 valence electrons. The molecule has 3 aromatic rings. The first kappa shape index (κ1) is 16.0. The van der Waals surface area contributed by atoms with Crippen molar-refractivity contribution in [3.63, 3.8) is 0 Å². The van der Waals surface area contributed by atoms with Crippen LogP contribution in [0.4, 0.5) is 0 Å². The molecule has 7 heteroatoms. The Labute approximate surface area is 143 Å². The maximum absolute atomic E-state index is 11.5. The largest absolute Gasteiger partial charge is 0.485 e. The van der Waals surface area contributed by atoms with Gasteiger partial charge in [0.1, 0.15) is 5.75 Å². The van der Waals surface area contributed by atoms with E-state index in [1.807, 2.05) is 0 Å². The number of aromatic nitrogens is 2. The van der Waals surface area contributed by atoms with Crippen molar-refractivity contribution in [2.75, 3.05) is 7.05 Å². The molecular formula is C17H14ClN3O3. The molecule has 0 aliphatic heterocycles. The van der Waals surface area contributed by atoms with Crippen LogP contribution in [-0.4, -0.2) is 23.1 Å². The minimum absolute atomic E-state index is 0.146. The molecule has 0 bridgehead atoms. The monoisotopic (exact) mass is 343 g/mol. The van der Waals surface area contributed by atoms with Crippen molar-refractivity contribution in [3.8, 4) is 17.2 Å². The second kappa shape index (κ2) is 7.14. The zero-order chi connectivity index (χ0) is 16.9. The normalized spacial score (nSPS) is 10.4. The van der Waals surface area contributed by atoms with Crippen LogP contribution < -0.4 is 10.1 Å². The molecule has 1 aromatic heterocycles. The number of benzene rings is 2. The highest BCUT2D eigenvalue weighted by molar-refractivity contribution is 6.30. The van der Waals surface area contributed by atoms with E-state index in [4.69, 9.17) is 20.9 Å². The van der Waals surface area contributed by atoms with E-state index in [1.54, 1.807) is 55.6 Å². The van der Waals surface area contributed by atoms with Crippen LogP contribution >= 0.6 is 11.6 Å². The van der Waals surface area contributed by atoms with Crippen LogP contribution in [0.3, 0.4) is 0 Å². The molecule has 0 spiro atoms. The van der Waals surface area contributed by atoms with Crippen molar-refractivity contribution in [1.29, 1.82) is 0 Å². The van der Waals surface area contributed by atoms with Gasteiger partial charge in [0.25, 0.3) is 11.8 Å². The van der Waals surface area contributed by atoms with Gasteiger partial charge in [-0.3, -0.25) is 4.79 Å². The lowest BCUT2D eigenvalue weighted by molar-refractivity contribution is 0.0963. The number of halogens is 1. The Hall–Kier alpha value is -2.86. The SMILES string of the molecule is CNC(=O)c1ccc(OCc2noc(-c3ccc(Cl)cc3)n2)cc1. The van der Waals surface area contributed by atoms with Crippen LogP contribution in [0.2, 0.25) is 5.02 Å². The predicted octanol–water partition coefficient (Wildman–Crippen LogP) is 3.33. The topological polar surface area (TPSA) is 77.2 Å². The van der Waals surface area contributed by atoms with E-state index >= 15 is 0 Å². The quantitative estimate of drug-likeness (QED) is 0.768. The number of hydrogen-bond donors (Lipinski definition) is 1. The fraction of sp³-hybridized carbons (Fsp3) is 0.118. The Morgan fingerprint density at radius 3 is 2.54 bits per heavy atom. The van der Waals surface area contributed by atoms with Crippen LogP contribution in [-0.2, 0) is 6.61 Å². The van der Waals surface area contributed by atoms with E-state index in [9.17, 15) is 4.79 Å². The fourth-order valence-electron chi connectivity index (χ4n) is 2.02. The molecule has 1 heterocycles.